The Hall–Kier alpha value is -0.710. The molecule has 3 N–H and O–H groups in total. The molecule has 0 aliphatic heterocycles. The van der Waals surface area contributed by atoms with E-state index < -0.39 is 12.2 Å². The van der Waals surface area contributed by atoms with E-state index in [-0.39, 0.29) is 30.6 Å². The Morgan fingerprint density at radius 3 is 2.54 bits per heavy atom. The Bertz CT molecular complexity index is 367. The molecule has 1 saturated carbocycles. The normalized spacial score (nSPS) is 25.7. The number of hydrogen-bond acceptors (Lipinski definition) is 4. The monoisotopic (exact) mass is 340 g/mol. The molecule has 0 spiro atoms. The highest BCUT2D eigenvalue weighted by Gasteiger charge is 2.39. The molecule has 4 atom stereocenters. The van der Waals surface area contributed by atoms with Crippen LogP contribution in [0, 0.1) is 11.8 Å². The summed E-state index contributed by atoms with van der Waals surface area (Å²) in [5.41, 5.74) is 0. The Labute approximate surface area is 147 Å². The highest BCUT2D eigenvalue weighted by Crippen LogP contribution is 2.34. The number of rotatable bonds is 13. The van der Waals surface area contributed by atoms with Gasteiger partial charge in [-0.1, -0.05) is 64.0 Å². The number of aliphatic hydroxyl groups is 3. The molecule has 0 unspecified atom stereocenters. The number of unbranched alkanes of at least 4 members (excludes halogenated alkanes) is 6. The number of Topliss-reactive ketones (excluding diaryl/α,β-unsaturated/α-hetero) is 1. The number of carbonyl (C=O) groups is 1. The molecule has 0 aromatic rings. The number of aliphatic hydroxyl groups excluding tert-OH is 3. The van der Waals surface area contributed by atoms with Gasteiger partial charge >= 0.3 is 0 Å². The summed E-state index contributed by atoms with van der Waals surface area (Å²) in [4.78, 5) is 12.1. The average Bonchev–Trinajstić information content (AvgIpc) is 2.82. The second-order valence-corrected chi connectivity index (χ2v) is 7.16. The molecular weight excluding hydrogens is 304 g/mol. The molecule has 1 aliphatic carbocycles. The summed E-state index contributed by atoms with van der Waals surface area (Å²) in [6.45, 7) is 2.39. The van der Waals surface area contributed by atoms with Crippen LogP contribution in [0.15, 0.2) is 12.2 Å². The van der Waals surface area contributed by atoms with E-state index in [9.17, 15) is 15.0 Å². The van der Waals surface area contributed by atoms with Gasteiger partial charge in [0.2, 0.25) is 0 Å². The lowest BCUT2D eigenvalue weighted by atomic mass is 9.88. The molecule has 4 nitrogen and oxygen atoms in total. The fraction of sp³-hybridized carbons (Fsp3) is 0.850. The first-order chi connectivity index (χ1) is 11.6. The minimum absolute atomic E-state index is 0.00515. The van der Waals surface area contributed by atoms with Crippen LogP contribution in [0.5, 0.6) is 0 Å². The maximum atomic E-state index is 12.1. The summed E-state index contributed by atoms with van der Waals surface area (Å²) in [5.74, 6) is -0.141. The van der Waals surface area contributed by atoms with Crippen LogP contribution in [-0.4, -0.2) is 39.9 Å². The van der Waals surface area contributed by atoms with Crippen molar-refractivity contribution < 1.29 is 20.1 Å². The van der Waals surface area contributed by atoms with E-state index in [1.165, 1.54) is 0 Å². The molecule has 24 heavy (non-hydrogen) atoms. The smallest absolute Gasteiger partial charge is 0.142 e. The zero-order chi connectivity index (χ0) is 17.8. The quantitative estimate of drug-likeness (QED) is 0.355. The third kappa shape index (κ3) is 7.91. The van der Waals surface area contributed by atoms with Gasteiger partial charge in [0.25, 0.3) is 0 Å². The van der Waals surface area contributed by atoms with Crippen molar-refractivity contribution in [1.82, 2.24) is 0 Å². The van der Waals surface area contributed by atoms with Crippen LogP contribution in [0.1, 0.15) is 77.6 Å². The Morgan fingerprint density at radius 2 is 1.83 bits per heavy atom. The van der Waals surface area contributed by atoms with Crippen molar-refractivity contribution >= 4 is 5.78 Å². The van der Waals surface area contributed by atoms with Gasteiger partial charge in [0, 0.05) is 18.9 Å². The summed E-state index contributed by atoms with van der Waals surface area (Å²) in [5, 5.41) is 28.9. The highest BCUT2D eigenvalue weighted by molar-refractivity contribution is 5.85. The average molecular weight is 341 g/mol. The van der Waals surface area contributed by atoms with Crippen LogP contribution in [0.4, 0.5) is 0 Å². The van der Waals surface area contributed by atoms with Crippen LogP contribution in [-0.2, 0) is 4.79 Å². The maximum absolute atomic E-state index is 12.1. The van der Waals surface area contributed by atoms with Crippen molar-refractivity contribution in [3.8, 4) is 0 Å². The zero-order valence-corrected chi connectivity index (χ0v) is 15.2. The van der Waals surface area contributed by atoms with Crippen molar-refractivity contribution in [2.24, 2.45) is 11.8 Å². The van der Waals surface area contributed by atoms with Gasteiger partial charge in [-0.25, -0.2) is 0 Å². The molecule has 0 radical (unpaired) electrons. The van der Waals surface area contributed by atoms with Gasteiger partial charge in [-0.3, -0.25) is 4.79 Å². The minimum Gasteiger partial charge on any atom is -0.396 e. The van der Waals surface area contributed by atoms with Crippen LogP contribution < -0.4 is 0 Å². The SMILES string of the molecule is CCCCC[C@H](O)/C=C/[C@H]1C(=O)C[C@@H](O)[C@H]1CCCCCCCO. The van der Waals surface area contributed by atoms with E-state index in [0.29, 0.717) is 0 Å². The zero-order valence-electron chi connectivity index (χ0n) is 15.2. The number of carbonyl (C=O) groups excluding carboxylic acids is 1. The molecule has 1 rings (SSSR count). The second kappa shape index (κ2) is 12.6. The summed E-state index contributed by atoms with van der Waals surface area (Å²) in [7, 11) is 0. The summed E-state index contributed by atoms with van der Waals surface area (Å²) in [6, 6.07) is 0. The lowest BCUT2D eigenvalue weighted by molar-refractivity contribution is -0.120. The van der Waals surface area contributed by atoms with Gasteiger partial charge in [-0.15, -0.1) is 0 Å². The van der Waals surface area contributed by atoms with E-state index in [1.807, 2.05) is 6.08 Å². The van der Waals surface area contributed by atoms with Crippen molar-refractivity contribution in [3.63, 3.8) is 0 Å². The summed E-state index contributed by atoms with van der Waals surface area (Å²) >= 11 is 0. The Morgan fingerprint density at radius 1 is 1.12 bits per heavy atom. The summed E-state index contributed by atoms with van der Waals surface area (Å²) in [6.07, 6.45) is 12.7. The summed E-state index contributed by atoms with van der Waals surface area (Å²) < 4.78 is 0. The van der Waals surface area contributed by atoms with E-state index in [1.54, 1.807) is 6.08 Å². The van der Waals surface area contributed by atoms with Crippen LogP contribution in [0.2, 0.25) is 0 Å². The first-order valence-corrected chi connectivity index (χ1v) is 9.78. The third-order valence-electron chi connectivity index (χ3n) is 5.08. The third-order valence-corrected chi connectivity index (χ3v) is 5.08. The number of ketones is 1. The molecule has 0 bridgehead atoms. The molecular formula is C20H36O4. The standard InChI is InChI=1S/C20H36O4/c1-2-3-7-10-16(22)12-13-18-17(19(23)15-20(18)24)11-8-5-4-6-9-14-21/h12-13,16-19,21-23H,2-11,14-15H2,1H3/b13-12+/t16-,17-,18+,19+/m0/s1. The molecule has 140 valence electrons. The van der Waals surface area contributed by atoms with Gasteiger partial charge in [0.1, 0.15) is 5.78 Å². The molecule has 0 heterocycles. The van der Waals surface area contributed by atoms with E-state index in [4.69, 9.17) is 5.11 Å². The van der Waals surface area contributed by atoms with Crippen molar-refractivity contribution in [2.45, 2.75) is 89.8 Å². The highest BCUT2D eigenvalue weighted by atomic mass is 16.3. The Kier molecular flexibility index (Phi) is 11.2. The first-order valence-electron chi connectivity index (χ1n) is 9.78. The maximum Gasteiger partial charge on any atom is 0.142 e. The number of allylic oxidation sites excluding steroid dienone is 1. The van der Waals surface area contributed by atoms with Crippen LogP contribution in [0.3, 0.4) is 0 Å². The predicted molar refractivity (Wildman–Crippen MR) is 96.7 cm³/mol. The largest absolute Gasteiger partial charge is 0.396 e. The lowest BCUT2D eigenvalue weighted by Crippen LogP contribution is -2.19. The molecule has 0 aromatic heterocycles. The lowest BCUT2D eigenvalue weighted by Gasteiger charge is -2.18. The van der Waals surface area contributed by atoms with E-state index in [0.717, 1.165) is 64.2 Å². The Balaban J connectivity index is 2.40. The molecule has 1 aliphatic rings. The van der Waals surface area contributed by atoms with Gasteiger partial charge in [-0.05, 0) is 25.2 Å². The molecule has 0 aromatic carbocycles. The van der Waals surface area contributed by atoms with E-state index >= 15 is 0 Å². The van der Waals surface area contributed by atoms with Crippen LogP contribution in [0.25, 0.3) is 0 Å². The molecule has 1 fully saturated rings. The minimum atomic E-state index is -0.540. The van der Waals surface area contributed by atoms with Gasteiger partial charge < -0.3 is 15.3 Å². The van der Waals surface area contributed by atoms with Crippen molar-refractivity contribution in [1.29, 1.82) is 0 Å². The van der Waals surface area contributed by atoms with Gasteiger partial charge in [0.15, 0.2) is 0 Å². The van der Waals surface area contributed by atoms with Crippen molar-refractivity contribution in [2.75, 3.05) is 6.61 Å². The van der Waals surface area contributed by atoms with Gasteiger partial charge in [-0.2, -0.15) is 0 Å². The first kappa shape index (κ1) is 21.3. The van der Waals surface area contributed by atoms with Gasteiger partial charge in [0.05, 0.1) is 12.2 Å². The van der Waals surface area contributed by atoms with E-state index in [2.05, 4.69) is 6.92 Å². The molecule has 4 heteroatoms. The van der Waals surface area contributed by atoms with Crippen molar-refractivity contribution in [3.05, 3.63) is 12.2 Å². The topological polar surface area (TPSA) is 77.8 Å². The fourth-order valence-electron chi connectivity index (χ4n) is 3.56. The fourth-order valence-corrected chi connectivity index (χ4v) is 3.56. The molecule has 0 saturated heterocycles. The molecule has 0 amide bonds. The van der Waals surface area contributed by atoms with Crippen LogP contribution >= 0.6 is 0 Å². The predicted octanol–water partition coefficient (Wildman–Crippen LogP) is 3.38. The second-order valence-electron chi connectivity index (χ2n) is 7.16. The number of hydrogen-bond donors (Lipinski definition) is 3.